The first-order chi connectivity index (χ1) is 9.63. The SMILES string of the molecule is COCCN1CCCCC(N)C1c1cc(F)ccc1Br. The molecule has 0 saturated carbocycles. The average Bonchev–Trinajstić information content (AvgIpc) is 2.61. The number of nitrogens with two attached hydrogens (primary N) is 1. The van der Waals surface area contributed by atoms with Gasteiger partial charge in [-0.25, -0.2) is 4.39 Å². The van der Waals surface area contributed by atoms with Crippen LogP contribution in [0, 0.1) is 5.82 Å². The molecule has 1 fully saturated rings. The van der Waals surface area contributed by atoms with Crippen molar-refractivity contribution in [3.63, 3.8) is 0 Å². The molecule has 20 heavy (non-hydrogen) atoms. The molecule has 0 radical (unpaired) electrons. The zero-order valence-electron chi connectivity index (χ0n) is 11.8. The minimum atomic E-state index is -0.216. The Morgan fingerprint density at radius 2 is 2.25 bits per heavy atom. The molecule has 2 N–H and O–H groups in total. The molecule has 0 spiro atoms. The topological polar surface area (TPSA) is 38.5 Å². The summed E-state index contributed by atoms with van der Waals surface area (Å²) in [4.78, 5) is 2.32. The van der Waals surface area contributed by atoms with Crippen LogP contribution < -0.4 is 5.73 Å². The van der Waals surface area contributed by atoms with Gasteiger partial charge in [0.1, 0.15) is 5.82 Å². The summed E-state index contributed by atoms with van der Waals surface area (Å²) in [7, 11) is 1.70. The molecule has 0 aromatic heterocycles. The van der Waals surface area contributed by atoms with Crippen LogP contribution in [0.25, 0.3) is 0 Å². The lowest BCUT2D eigenvalue weighted by atomic mass is 9.96. The molecule has 2 unspecified atom stereocenters. The lowest BCUT2D eigenvalue weighted by Crippen LogP contribution is -2.41. The molecular weight excluding hydrogens is 323 g/mol. The summed E-state index contributed by atoms with van der Waals surface area (Å²) < 4.78 is 19.7. The van der Waals surface area contributed by atoms with Crippen molar-refractivity contribution >= 4 is 15.9 Å². The van der Waals surface area contributed by atoms with Crippen LogP contribution in [0.4, 0.5) is 4.39 Å². The second-order valence-corrected chi connectivity index (χ2v) is 6.15. The van der Waals surface area contributed by atoms with Crippen LogP contribution in [0.15, 0.2) is 22.7 Å². The summed E-state index contributed by atoms with van der Waals surface area (Å²) in [5.74, 6) is -0.216. The summed E-state index contributed by atoms with van der Waals surface area (Å²) in [6.07, 6.45) is 3.21. The van der Waals surface area contributed by atoms with Gasteiger partial charge in [0.15, 0.2) is 0 Å². The van der Waals surface area contributed by atoms with Crippen LogP contribution in [-0.2, 0) is 4.74 Å². The highest BCUT2D eigenvalue weighted by Gasteiger charge is 2.30. The van der Waals surface area contributed by atoms with E-state index in [1.54, 1.807) is 19.2 Å². The summed E-state index contributed by atoms with van der Waals surface area (Å²) in [5.41, 5.74) is 7.31. The van der Waals surface area contributed by atoms with Crippen molar-refractivity contribution in [2.45, 2.75) is 31.3 Å². The fourth-order valence-electron chi connectivity index (χ4n) is 2.89. The summed E-state index contributed by atoms with van der Waals surface area (Å²) in [5, 5.41) is 0. The Morgan fingerprint density at radius 1 is 1.45 bits per heavy atom. The van der Waals surface area contributed by atoms with Crippen molar-refractivity contribution in [2.24, 2.45) is 5.73 Å². The Morgan fingerprint density at radius 3 is 3.00 bits per heavy atom. The first kappa shape index (κ1) is 15.9. The maximum atomic E-state index is 13.6. The van der Waals surface area contributed by atoms with Crippen molar-refractivity contribution in [3.05, 3.63) is 34.1 Å². The van der Waals surface area contributed by atoms with E-state index in [-0.39, 0.29) is 17.9 Å². The highest BCUT2D eigenvalue weighted by molar-refractivity contribution is 9.10. The monoisotopic (exact) mass is 344 g/mol. The highest BCUT2D eigenvalue weighted by Crippen LogP contribution is 2.34. The molecule has 1 aliphatic heterocycles. The van der Waals surface area contributed by atoms with Gasteiger partial charge in [0.05, 0.1) is 12.6 Å². The fourth-order valence-corrected chi connectivity index (χ4v) is 3.37. The van der Waals surface area contributed by atoms with E-state index in [1.165, 1.54) is 6.07 Å². The van der Waals surface area contributed by atoms with Gasteiger partial charge in [0.25, 0.3) is 0 Å². The number of likely N-dealkylation sites (tertiary alicyclic amines) is 1. The minimum absolute atomic E-state index is 0.0208. The maximum absolute atomic E-state index is 13.6. The normalized spacial score (nSPS) is 24.6. The Labute approximate surface area is 128 Å². The quantitative estimate of drug-likeness (QED) is 0.911. The molecule has 3 nitrogen and oxygen atoms in total. The van der Waals surface area contributed by atoms with Crippen LogP contribution >= 0.6 is 15.9 Å². The molecule has 1 aliphatic rings. The molecule has 2 atom stereocenters. The lowest BCUT2D eigenvalue weighted by Gasteiger charge is -2.34. The number of hydrogen-bond donors (Lipinski definition) is 1. The van der Waals surface area contributed by atoms with Gasteiger partial charge in [-0.05, 0) is 43.1 Å². The number of nitrogens with zero attached hydrogens (tertiary/aromatic N) is 1. The van der Waals surface area contributed by atoms with Crippen LogP contribution in [0.3, 0.4) is 0 Å². The van der Waals surface area contributed by atoms with E-state index in [4.69, 9.17) is 10.5 Å². The van der Waals surface area contributed by atoms with E-state index in [1.807, 2.05) is 0 Å². The third-order valence-electron chi connectivity index (χ3n) is 3.89. The number of rotatable bonds is 4. The first-order valence-corrected chi connectivity index (χ1v) is 7.86. The summed E-state index contributed by atoms with van der Waals surface area (Å²) in [6, 6.07) is 4.89. The molecule has 0 aliphatic carbocycles. The van der Waals surface area contributed by atoms with E-state index >= 15 is 0 Å². The minimum Gasteiger partial charge on any atom is -0.383 e. The average molecular weight is 345 g/mol. The molecule has 1 saturated heterocycles. The van der Waals surface area contributed by atoms with Gasteiger partial charge in [-0.1, -0.05) is 22.4 Å². The third-order valence-corrected chi connectivity index (χ3v) is 4.61. The van der Waals surface area contributed by atoms with Crippen molar-refractivity contribution in [3.8, 4) is 0 Å². The number of benzene rings is 1. The predicted octanol–water partition coefficient (Wildman–Crippen LogP) is 3.09. The zero-order chi connectivity index (χ0) is 14.5. The Kier molecular flexibility index (Phi) is 5.96. The van der Waals surface area contributed by atoms with Gasteiger partial charge in [-0.15, -0.1) is 0 Å². The van der Waals surface area contributed by atoms with E-state index in [9.17, 15) is 4.39 Å². The summed E-state index contributed by atoms with van der Waals surface area (Å²) >= 11 is 3.53. The van der Waals surface area contributed by atoms with Gasteiger partial charge >= 0.3 is 0 Å². The van der Waals surface area contributed by atoms with Crippen LogP contribution in [0.2, 0.25) is 0 Å². The van der Waals surface area contributed by atoms with Crippen molar-refractivity contribution < 1.29 is 9.13 Å². The van der Waals surface area contributed by atoms with Gasteiger partial charge in [-0.3, -0.25) is 4.90 Å². The van der Waals surface area contributed by atoms with Gasteiger partial charge < -0.3 is 10.5 Å². The number of hydrogen-bond acceptors (Lipinski definition) is 3. The van der Waals surface area contributed by atoms with E-state index in [2.05, 4.69) is 20.8 Å². The molecule has 1 aromatic rings. The Hall–Kier alpha value is -0.490. The van der Waals surface area contributed by atoms with E-state index < -0.39 is 0 Å². The Bertz CT molecular complexity index is 444. The van der Waals surface area contributed by atoms with Crippen molar-refractivity contribution in [1.29, 1.82) is 0 Å². The molecule has 2 rings (SSSR count). The van der Waals surface area contributed by atoms with E-state index in [0.29, 0.717) is 6.61 Å². The largest absolute Gasteiger partial charge is 0.383 e. The van der Waals surface area contributed by atoms with Gasteiger partial charge in [-0.2, -0.15) is 0 Å². The molecule has 1 heterocycles. The third kappa shape index (κ3) is 3.79. The lowest BCUT2D eigenvalue weighted by molar-refractivity contribution is 0.114. The molecule has 5 heteroatoms. The smallest absolute Gasteiger partial charge is 0.123 e. The van der Waals surface area contributed by atoms with Gasteiger partial charge in [0.2, 0.25) is 0 Å². The summed E-state index contributed by atoms with van der Waals surface area (Å²) in [6.45, 7) is 2.46. The van der Waals surface area contributed by atoms with Crippen molar-refractivity contribution in [2.75, 3.05) is 26.8 Å². The predicted molar refractivity (Wildman–Crippen MR) is 82.1 cm³/mol. The zero-order valence-corrected chi connectivity index (χ0v) is 13.4. The number of halogens is 2. The molecule has 0 bridgehead atoms. The van der Waals surface area contributed by atoms with Crippen LogP contribution in [0.1, 0.15) is 30.9 Å². The fraction of sp³-hybridized carbons (Fsp3) is 0.600. The Balaban J connectivity index is 2.31. The van der Waals surface area contributed by atoms with Crippen LogP contribution in [-0.4, -0.2) is 37.7 Å². The van der Waals surface area contributed by atoms with E-state index in [0.717, 1.165) is 42.4 Å². The second kappa shape index (κ2) is 7.50. The standard InChI is InChI=1S/C15H22BrFN2O/c1-20-9-8-19-7-3-2-4-14(18)15(19)12-10-11(17)5-6-13(12)16/h5-6,10,14-15H,2-4,7-9,18H2,1H3. The molecule has 112 valence electrons. The first-order valence-electron chi connectivity index (χ1n) is 7.07. The number of ether oxygens (including phenoxy) is 1. The molecule has 0 amide bonds. The highest BCUT2D eigenvalue weighted by atomic mass is 79.9. The molecular formula is C15H22BrFN2O. The molecule has 1 aromatic carbocycles. The van der Waals surface area contributed by atoms with Crippen LogP contribution in [0.5, 0.6) is 0 Å². The van der Waals surface area contributed by atoms with Gasteiger partial charge in [0, 0.05) is 24.2 Å². The number of methoxy groups -OCH3 is 1. The van der Waals surface area contributed by atoms with Crippen molar-refractivity contribution in [1.82, 2.24) is 4.90 Å². The second-order valence-electron chi connectivity index (χ2n) is 5.30. The maximum Gasteiger partial charge on any atom is 0.123 e.